The van der Waals surface area contributed by atoms with Crippen molar-refractivity contribution < 1.29 is 22.6 Å². The molecule has 1 fully saturated rings. The third-order valence-corrected chi connectivity index (χ3v) is 7.48. The van der Waals surface area contributed by atoms with E-state index in [0.29, 0.717) is 16.8 Å². The molecule has 1 N–H and O–H groups in total. The van der Waals surface area contributed by atoms with Gasteiger partial charge in [0, 0.05) is 44.3 Å². The van der Waals surface area contributed by atoms with E-state index in [2.05, 4.69) is 30.3 Å². The first-order chi connectivity index (χ1) is 19.6. The van der Waals surface area contributed by atoms with Gasteiger partial charge in [-0.3, -0.25) is 0 Å². The zero-order valence-corrected chi connectivity index (χ0v) is 23.3. The second-order valence-electron chi connectivity index (χ2n) is 9.71. The van der Waals surface area contributed by atoms with Crippen molar-refractivity contribution in [2.45, 2.75) is 25.1 Å². The van der Waals surface area contributed by atoms with Gasteiger partial charge in [0.1, 0.15) is 27.9 Å². The summed E-state index contributed by atoms with van der Waals surface area (Å²) in [6.45, 7) is 1.63. The fourth-order valence-corrected chi connectivity index (χ4v) is 5.23. The quantitative estimate of drug-likeness (QED) is 0.239. The Bertz CT molecular complexity index is 1750. The van der Waals surface area contributed by atoms with Gasteiger partial charge in [0.2, 0.25) is 5.95 Å². The molecule has 1 aromatic carbocycles. The molecule has 5 aromatic rings. The van der Waals surface area contributed by atoms with E-state index in [1.54, 1.807) is 17.8 Å². The number of rotatable bonds is 6. The molecule has 0 unspecified atom stereocenters. The minimum absolute atomic E-state index is 0.129. The largest absolute Gasteiger partial charge is 0.490 e. The van der Waals surface area contributed by atoms with E-state index in [1.807, 2.05) is 7.05 Å². The molecule has 15 heteroatoms. The first-order valence-electron chi connectivity index (χ1n) is 12.6. The van der Waals surface area contributed by atoms with Crippen LogP contribution in [0.2, 0.25) is 10.2 Å². The van der Waals surface area contributed by atoms with Crippen molar-refractivity contribution in [2.24, 2.45) is 7.05 Å². The van der Waals surface area contributed by atoms with Gasteiger partial charge in [0.25, 0.3) is 0 Å². The van der Waals surface area contributed by atoms with Crippen molar-refractivity contribution in [2.75, 3.05) is 25.5 Å². The Hall–Kier alpha value is -3.81. The second-order valence-corrected chi connectivity index (χ2v) is 10.5. The summed E-state index contributed by atoms with van der Waals surface area (Å²) in [5.41, 5.74) is 0.434. The highest BCUT2D eigenvalue weighted by Crippen LogP contribution is 2.39. The number of aryl methyl sites for hydroxylation is 1. The lowest BCUT2D eigenvalue weighted by Gasteiger charge is -2.29. The predicted molar refractivity (Wildman–Crippen MR) is 147 cm³/mol. The summed E-state index contributed by atoms with van der Waals surface area (Å²) in [4.78, 5) is 15.0. The number of alkyl halides is 3. The van der Waals surface area contributed by atoms with Crippen LogP contribution in [0.1, 0.15) is 18.4 Å². The van der Waals surface area contributed by atoms with Crippen LogP contribution in [0.15, 0.2) is 43.0 Å². The van der Waals surface area contributed by atoms with Crippen molar-refractivity contribution in [3.63, 3.8) is 0 Å². The lowest BCUT2D eigenvalue weighted by molar-refractivity contribution is -0.137. The zero-order chi connectivity index (χ0) is 28.9. The lowest BCUT2D eigenvalue weighted by atomic mass is 10.1. The van der Waals surface area contributed by atoms with Gasteiger partial charge in [-0.1, -0.05) is 23.2 Å². The summed E-state index contributed by atoms with van der Waals surface area (Å²) in [5.74, 6) is 0.868. The molecule has 4 aromatic heterocycles. The Morgan fingerprint density at radius 1 is 1.00 bits per heavy atom. The Morgan fingerprint density at radius 3 is 2.54 bits per heavy atom. The molecule has 0 radical (unpaired) electrons. The number of ether oxygens (including phenoxy) is 2. The Labute approximate surface area is 241 Å². The summed E-state index contributed by atoms with van der Waals surface area (Å²) in [6, 6.07) is 3.55. The minimum atomic E-state index is -4.57. The zero-order valence-electron chi connectivity index (χ0n) is 21.8. The first kappa shape index (κ1) is 27.4. The van der Waals surface area contributed by atoms with Crippen LogP contribution in [-0.2, 0) is 13.2 Å². The molecule has 0 saturated carbocycles. The first-order valence-corrected chi connectivity index (χ1v) is 13.3. The molecule has 0 amide bonds. The van der Waals surface area contributed by atoms with E-state index >= 15 is 0 Å². The molecule has 1 saturated heterocycles. The smallest absolute Gasteiger partial charge is 0.416 e. The Kier molecular flexibility index (Phi) is 7.04. The Balaban J connectivity index is 1.31. The van der Waals surface area contributed by atoms with Crippen LogP contribution >= 0.6 is 23.2 Å². The number of likely N-dealkylation sites (tertiary alicyclic amines) is 1. The number of fused-ring (bicyclic) bond motifs is 2. The molecule has 6 rings (SSSR count). The molecule has 5 heterocycles. The van der Waals surface area contributed by atoms with Gasteiger partial charge in [-0.25, -0.2) is 14.5 Å². The van der Waals surface area contributed by atoms with Gasteiger partial charge in [0.05, 0.1) is 18.0 Å². The normalized spacial score (nSPS) is 15.1. The van der Waals surface area contributed by atoms with Crippen LogP contribution in [0.4, 0.5) is 24.8 Å². The number of anilines is 2. The van der Waals surface area contributed by atoms with Gasteiger partial charge in [-0.2, -0.15) is 23.3 Å². The topological polar surface area (TPSA) is 94.6 Å². The number of hydrogen-bond donors (Lipinski definition) is 1. The van der Waals surface area contributed by atoms with Crippen molar-refractivity contribution >= 4 is 51.5 Å². The molecule has 0 bridgehead atoms. The molecular weight excluding hydrogens is 584 g/mol. The summed E-state index contributed by atoms with van der Waals surface area (Å²) in [6.07, 6.45) is 2.71. The number of hydrogen-bond acceptors (Lipinski definition) is 8. The monoisotopic (exact) mass is 606 g/mol. The van der Waals surface area contributed by atoms with Crippen LogP contribution in [0, 0.1) is 0 Å². The number of piperidine rings is 1. The van der Waals surface area contributed by atoms with Crippen LogP contribution in [0.25, 0.3) is 16.7 Å². The standard InChI is InChI=1S/C26H23Cl2F3N8O2/c1-37-6-3-16(4-7-37)40-17-10-14(26(29,30)31)9-15(11-17)35-25-36-24-22(38(25)2)20(27)18(12-33-24)41-19-13-34-39-8-5-32-23(28)21(19)39/h5,8-13,16H,3-4,6-7H2,1-2H3,(H,33,35,36). The molecule has 214 valence electrons. The maximum absolute atomic E-state index is 13.8. The fraction of sp³-hybridized carbons (Fsp3) is 0.308. The van der Waals surface area contributed by atoms with Crippen molar-refractivity contribution in [1.29, 1.82) is 0 Å². The van der Waals surface area contributed by atoms with Crippen LogP contribution in [0.5, 0.6) is 17.2 Å². The average Bonchev–Trinajstić information content (AvgIpc) is 3.48. The highest BCUT2D eigenvalue weighted by Gasteiger charge is 2.32. The molecule has 10 nitrogen and oxygen atoms in total. The summed E-state index contributed by atoms with van der Waals surface area (Å²) in [5, 5.41) is 7.54. The van der Waals surface area contributed by atoms with E-state index < -0.39 is 11.7 Å². The van der Waals surface area contributed by atoms with Crippen molar-refractivity contribution in [1.82, 2.24) is 34.0 Å². The number of imidazole rings is 1. The molecule has 0 spiro atoms. The van der Waals surface area contributed by atoms with Gasteiger partial charge in [0.15, 0.2) is 22.3 Å². The predicted octanol–water partition coefficient (Wildman–Crippen LogP) is 6.35. The van der Waals surface area contributed by atoms with Gasteiger partial charge >= 0.3 is 6.18 Å². The van der Waals surface area contributed by atoms with Gasteiger partial charge < -0.3 is 24.3 Å². The summed E-state index contributed by atoms with van der Waals surface area (Å²) < 4.78 is 56.3. The number of halogens is 5. The fourth-order valence-electron chi connectivity index (χ4n) is 4.69. The molecule has 1 aliphatic rings. The van der Waals surface area contributed by atoms with Crippen LogP contribution < -0.4 is 14.8 Å². The van der Waals surface area contributed by atoms with Crippen molar-refractivity contribution in [3.05, 3.63) is 58.7 Å². The number of pyridine rings is 1. The Morgan fingerprint density at radius 2 is 1.78 bits per heavy atom. The van der Waals surface area contributed by atoms with Crippen LogP contribution in [0.3, 0.4) is 0 Å². The number of nitrogens with zero attached hydrogens (tertiary/aromatic N) is 7. The van der Waals surface area contributed by atoms with Crippen LogP contribution in [-0.4, -0.2) is 60.3 Å². The van der Waals surface area contributed by atoms with E-state index in [0.717, 1.165) is 38.1 Å². The third kappa shape index (κ3) is 5.44. The van der Waals surface area contributed by atoms with Gasteiger partial charge in [-0.15, -0.1) is 0 Å². The molecular formula is C26H23Cl2F3N8O2. The minimum Gasteiger partial charge on any atom is -0.490 e. The molecule has 0 atom stereocenters. The maximum atomic E-state index is 13.8. The highest BCUT2D eigenvalue weighted by molar-refractivity contribution is 6.36. The average molecular weight is 607 g/mol. The third-order valence-electron chi connectivity index (χ3n) is 6.84. The summed E-state index contributed by atoms with van der Waals surface area (Å²) >= 11 is 12.9. The van der Waals surface area contributed by atoms with E-state index in [1.165, 1.54) is 29.2 Å². The van der Waals surface area contributed by atoms with E-state index in [-0.39, 0.29) is 45.1 Å². The lowest BCUT2D eigenvalue weighted by Crippen LogP contribution is -2.35. The van der Waals surface area contributed by atoms with Crippen molar-refractivity contribution in [3.8, 4) is 17.2 Å². The molecule has 0 aliphatic carbocycles. The second kappa shape index (κ2) is 10.5. The number of benzene rings is 1. The molecule has 41 heavy (non-hydrogen) atoms. The number of aromatic nitrogens is 6. The maximum Gasteiger partial charge on any atom is 0.416 e. The van der Waals surface area contributed by atoms with E-state index in [4.69, 9.17) is 32.7 Å². The molecule has 1 aliphatic heterocycles. The summed E-state index contributed by atoms with van der Waals surface area (Å²) in [7, 11) is 3.66. The van der Waals surface area contributed by atoms with Gasteiger partial charge in [-0.05, 0) is 32.0 Å². The highest BCUT2D eigenvalue weighted by atomic mass is 35.5. The number of nitrogens with one attached hydrogen (secondary N) is 1. The SMILES string of the molecule is CN1CCC(Oc2cc(Nc3nc4ncc(Oc5cnn6ccnc(Cl)c56)c(Cl)c4n3C)cc(C(F)(F)F)c2)CC1. The van der Waals surface area contributed by atoms with E-state index in [9.17, 15) is 13.2 Å².